The van der Waals surface area contributed by atoms with E-state index in [4.69, 9.17) is 9.47 Å². The predicted molar refractivity (Wildman–Crippen MR) is 142 cm³/mol. The predicted octanol–water partition coefficient (Wildman–Crippen LogP) is 5.09. The summed E-state index contributed by atoms with van der Waals surface area (Å²) < 4.78 is 39.2. The minimum atomic E-state index is -3.99. The van der Waals surface area contributed by atoms with Crippen LogP contribution in [0.1, 0.15) is 41.6 Å². The fraction of sp³-hybridized carbons (Fsp3) is 0.321. The van der Waals surface area contributed by atoms with Crippen LogP contribution in [0.2, 0.25) is 0 Å². The summed E-state index contributed by atoms with van der Waals surface area (Å²) in [5.74, 6) is 0.736. The first-order valence-corrected chi connectivity index (χ1v) is 13.2. The lowest BCUT2D eigenvalue weighted by Gasteiger charge is -2.26. The van der Waals surface area contributed by atoms with Crippen molar-refractivity contribution in [3.63, 3.8) is 0 Å². The van der Waals surface area contributed by atoms with E-state index in [0.29, 0.717) is 23.6 Å². The van der Waals surface area contributed by atoms with Crippen molar-refractivity contribution >= 4 is 21.6 Å². The van der Waals surface area contributed by atoms with Crippen molar-refractivity contribution in [2.75, 3.05) is 25.1 Å². The summed E-state index contributed by atoms with van der Waals surface area (Å²) in [5.41, 5.74) is 4.20. The molecule has 0 aromatic heterocycles. The molecule has 3 rings (SSSR count). The molecule has 0 aliphatic heterocycles. The third kappa shape index (κ3) is 5.99. The molecular formula is C28H34N2O5S. The van der Waals surface area contributed by atoms with Gasteiger partial charge in [0.1, 0.15) is 6.54 Å². The van der Waals surface area contributed by atoms with Crippen molar-refractivity contribution in [1.29, 1.82) is 0 Å². The molecule has 3 aromatic rings. The molecular weight excluding hydrogens is 476 g/mol. The van der Waals surface area contributed by atoms with Crippen molar-refractivity contribution in [1.82, 2.24) is 5.32 Å². The van der Waals surface area contributed by atoms with Crippen molar-refractivity contribution in [3.05, 3.63) is 82.9 Å². The fourth-order valence-electron chi connectivity index (χ4n) is 3.89. The van der Waals surface area contributed by atoms with E-state index in [9.17, 15) is 13.2 Å². The molecule has 7 nitrogen and oxygen atoms in total. The highest BCUT2D eigenvalue weighted by molar-refractivity contribution is 7.92. The Bertz CT molecular complexity index is 1320. The molecule has 8 heteroatoms. The molecule has 0 bridgehead atoms. The van der Waals surface area contributed by atoms with E-state index >= 15 is 0 Å². The molecule has 1 atom stereocenters. The van der Waals surface area contributed by atoms with Crippen LogP contribution in [-0.2, 0) is 14.8 Å². The Morgan fingerprint density at radius 1 is 0.889 bits per heavy atom. The average Bonchev–Trinajstić information content (AvgIpc) is 2.87. The summed E-state index contributed by atoms with van der Waals surface area (Å²) in [6.45, 7) is 7.36. The SMILES string of the molecule is CCC(NC(=O)CN(c1ccc(C)c(C)c1)S(=O)(=O)c1ccc(C)cc1)c1ccc(OC)c(OC)c1. The number of anilines is 1. The summed E-state index contributed by atoms with van der Waals surface area (Å²) in [6, 6.07) is 17.1. The van der Waals surface area contributed by atoms with Crippen LogP contribution in [0.5, 0.6) is 11.5 Å². The van der Waals surface area contributed by atoms with Gasteiger partial charge in [0.2, 0.25) is 5.91 Å². The zero-order valence-corrected chi connectivity index (χ0v) is 22.5. The van der Waals surface area contributed by atoms with Crippen LogP contribution in [-0.4, -0.2) is 35.1 Å². The van der Waals surface area contributed by atoms with Crippen LogP contribution in [0.25, 0.3) is 0 Å². The van der Waals surface area contributed by atoms with Crippen LogP contribution in [0.15, 0.2) is 65.6 Å². The quantitative estimate of drug-likeness (QED) is 0.411. The molecule has 0 saturated carbocycles. The van der Waals surface area contributed by atoms with Gasteiger partial charge in [-0.3, -0.25) is 9.10 Å². The maximum atomic E-state index is 13.7. The highest BCUT2D eigenvalue weighted by Gasteiger charge is 2.28. The van der Waals surface area contributed by atoms with Crippen LogP contribution in [0, 0.1) is 20.8 Å². The van der Waals surface area contributed by atoms with Gasteiger partial charge in [-0.2, -0.15) is 0 Å². The second-order valence-corrected chi connectivity index (χ2v) is 10.6. The first-order valence-electron chi connectivity index (χ1n) is 11.8. The van der Waals surface area contributed by atoms with Gasteiger partial charge < -0.3 is 14.8 Å². The van der Waals surface area contributed by atoms with E-state index in [-0.39, 0.29) is 17.5 Å². The average molecular weight is 511 g/mol. The molecule has 0 aliphatic rings. The first kappa shape index (κ1) is 27.1. The topological polar surface area (TPSA) is 84.9 Å². The molecule has 0 aliphatic carbocycles. The third-order valence-corrected chi connectivity index (χ3v) is 8.02. The molecule has 1 amide bonds. The van der Waals surface area contributed by atoms with E-state index in [2.05, 4.69) is 5.32 Å². The minimum absolute atomic E-state index is 0.131. The molecule has 0 radical (unpaired) electrons. The van der Waals surface area contributed by atoms with Gasteiger partial charge in [-0.15, -0.1) is 0 Å². The second-order valence-electron chi connectivity index (χ2n) is 8.74. The summed E-state index contributed by atoms with van der Waals surface area (Å²) in [5, 5.41) is 2.99. The summed E-state index contributed by atoms with van der Waals surface area (Å²) >= 11 is 0. The van der Waals surface area contributed by atoms with Gasteiger partial charge in [0.05, 0.1) is 30.8 Å². The molecule has 192 valence electrons. The van der Waals surface area contributed by atoms with Crippen LogP contribution < -0.4 is 19.1 Å². The molecule has 0 spiro atoms. The lowest BCUT2D eigenvalue weighted by atomic mass is 10.0. The lowest BCUT2D eigenvalue weighted by Crippen LogP contribution is -2.42. The van der Waals surface area contributed by atoms with E-state index in [1.54, 1.807) is 56.7 Å². The second kappa shape index (κ2) is 11.5. The summed E-state index contributed by atoms with van der Waals surface area (Å²) in [6.07, 6.45) is 0.607. The Hall–Kier alpha value is -3.52. The third-order valence-electron chi connectivity index (χ3n) is 6.23. The van der Waals surface area contributed by atoms with Gasteiger partial charge in [0, 0.05) is 0 Å². The van der Waals surface area contributed by atoms with E-state index in [1.807, 2.05) is 45.9 Å². The maximum Gasteiger partial charge on any atom is 0.264 e. The van der Waals surface area contributed by atoms with E-state index in [1.165, 1.54) is 4.31 Å². The Morgan fingerprint density at radius 2 is 1.56 bits per heavy atom. The number of hydrogen-bond donors (Lipinski definition) is 1. The number of carbonyl (C=O) groups is 1. The number of carbonyl (C=O) groups excluding carboxylic acids is 1. The number of sulfonamides is 1. The zero-order chi connectivity index (χ0) is 26.5. The Kier molecular flexibility index (Phi) is 8.63. The molecule has 0 saturated heterocycles. The normalized spacial score (nSPS) is 12.1. The number of ether oxygens (including phenoxy) is 2. The van der Waals surface area contributed by atoms with Crippen LogP contribution in [0.4, 0.5) is 5.69 Å². The van der Waals surface area contributed by atoms with Crippen molar-refractivity contribution < 1.29 is 22.7 Å². The number of methoxy groups -OCH3 is 2. The maximum absolute atomic E-state index is 13.7. The van der Waals surface area contributed by atoms with E-state index < -0.39 is 15.9 Å². The van der Waals surface area contributed by atoms with Crippen molar-refractivity contribution in [2.45, 2.75) is 45.1 Å². The highest BCUT2D eigenvalue weighted by Crippen LogP contribution is 2.31. The van der Waals surface area contributed by atoms with Crippen LogP contribution >= 0.6 is 0 Å². The van der Waals surface area contributed by atoms with Gasteiger partial charge in [0.25, 0.3) is 10.0 Å². The number of hydrogen-bond acceptors (Lipinski definition) is 5. The van der Waals surface area contributed by atoms with Gasteiger partial charge in [0.15, 0.2) is 11.5 Å². The van der Waals surface area contributed by atoms with E-state index in [0.717, 1.165) is 22.3 Å². The smallest absolute Gasteiger partial charge is 0.264 e. The largest absolute Gasteiger partial charge is 0.493 e. The number of nitrogens with zero attached hydrogens (tertiary/aromatic N) is 1. The minimum Gasteiger partial charge on any atom is -0.493 e. The molecule has 36 heavy (non-hydrogen) atoms. The number of benzene rings is 3. The van der Waals surface area contributed by atoms with Gasteiger partial charge in [-0.25, -0.2) is 8.42 Å². The van der Waals surface area contributed by atoms with Crippen LogP contribution in [0.3, 0.4) is 0 Å². The highest BCUT2D eigenvalue weighted by atomic mass is 32.2. The van der Waals surface area contributed by atoms with Crippen molar-refractivity contribution in [3.8, 4) is 11.5 Å². The summed E-state index contributed by atoms with van der Waals surface area (Å²) in [4.78, 5) is 13.4. The van der Waals surface area contributed by atoms with Gasteiger partial charge >= 0.3 is 0 Å². The number of nitrogens with one attached hydrogen (secondary N) is 1. The molecule has 1 unspecified atom stereocenters. The number of rotatable bonds is 10. The monoisotopic (exact) mass is 510 g/mol. The molecule has 3 aromatic carbocycles. The molecule has 0 fully saturated rings. The standard InChI is InChI=1S/C28H34N2O5S/c1-7-25(22-11-15-26(34-5)27(17-22)35-6)29-28(31)18-30(23-12-10-20(3)21(4)16-23)36(32,33)24-13-8-19(2)9-14-24/h8-17,25H,7,18H2,1-6H3,(H,29,31). The zero-order valence-electron chi connectivity index (χ0n) is 21.7. The lowest BCUT2D eigenvalue weighted by molar-refractivity contribution is -0.120. The number of aryl methyl sites for hydroxylation is 3. The molecule has 1 N–H and O–H groups in total. The number of amides is 1. The Morgan fingerprint density at radius 3 is 2.14 bits per heavy atom. The first-order chi connectivity index (χ1) is 17.1. The van der Waals surface area contributed by atoms with Gasteiger partial charge in [-0.05, 0) is 80.3 Å². The Labute approximate surface area is 214 Å². The Balaban J connectivity index is 1.93. The molecule has 0 heterocycles. The summed E-state index contributed by atoms with van der Waals surface area (Å²) in [7, 11) is -0.870. The van der Waals surface area contributed by atoms with Crippen molar-refractivity contribution in [2.24, 2.45) is 0 Å². The van der Waals surface area contributed by atoms with Gasteiger partial charge in [-0.1, -0.05) is 36.8 Å². The fourth-order valence-corrected chi connectivity index (χ4v) is 5.31.